The van der Waals surface area contributed by atoms with Gasteiger partial charge in [-0.25, -0.2) is 0 Å². The Morgan fingerprint density at radius 3 is 2.93 bits per heavy atom. The van der Waals surface area contributed by atoms with Gasteiger partial charge in [-0.1, -0.05) is 30.3 Å². The van der Waals surface area contributed by atoms with Crippen LogP contribution in [0.5, 0.6) is 5.75 Å². The molecule has 1 unspecified atom stereocenters. The number of aliphatic hydroxyl groups is 1. The van der Waals surface area contributed by atoms with Crippen LogP contribution in [0.1, 0.15) is 17.5 Å². The molecule has 1 amide bonds. The van der Waals surface area contributed by atoms with Gasteiger partial charge in [0.25, 0.3) is 0 Å². The summed E-state index contributed by atoms with van der Waals surface area (Å²) < 4.78 is 5.69. The summed E-state index contributed by atoms with van der Waals surface area (Å²) in [6.07, 6.45) is 3.04. The van der Waals surface area contributed by atoms with E-state index in [1.165, 1.54) is 0 Å². The van der Waals surface area contributed by atoms with Crippen LogP contribution in [-0.2, 0) is 4.79 Å². The predicted octanol–water partition coefficient (Wildman–Crippen LogP) is 2.77. The summed E-state index contributed by atoms with van der Waals surface area (Å²) in [5.74, 6) is 0.189. The summed E-state index contributed by atoms with van der Waals surface area (Å²) in [5.41, 5.74) is 9.47. The Morgan fingerprint density at radius 1 is 1.22 bits per heavy atom. The van der Waals surface area contributed by atoms with Crippen molar-refractivity contribution in [3.8, 4) is 5.75 Å². The smallest absolute Gasteiger partial charge is 0.220 e. The Kier molecular flexibility index (Phi) is 4.48. The Hall–Kier alpha value is -3.38. The first kappa shape index (κ1) is 17.1. The number of nitrogens with zero attached hydrogens (tertiary/aromatic N) is 1. The molecule has 0 saturated heterocycles. The summed E-state index contributed by atoms with van der Waals surface area (Å²) in [6.45, 7) is 0.206. The highest BCUT2D eigenvalue weighted by molar-refractivity contribution is 6.00. The van der Waals surface area contributed by atoms with Crippen LogP contribution < -0.4 is 15.8 Å². The number of carbonyl (C=O) groups is 1. The number of benzene rings is 2. The molecule has 0 bridgehead atoms. The number of nitrogens with one attached hydrogen (secondary N) is 1. The Morgan fingerprint density at radius 2 is 2.07 bits per heavy atom. The number of carbonyl (C=O) groups excluding carboxylic acids is 1. The van der Waals surface area contributed by atoms with Crippen molar-refractivity contribution < 1.29 is 14.6 Å². The summed E-state index contributed by atoms with van der Waals surface area (Å²) in [4.78, 5) is 15.4. The Balaban J connectivity index is 1.74. The second kappa shape index (κ2) is 7.09. The van der Waals surface area contributed by atoms with Gasteiger partial charge in [0.2, 0.25) is 5.91 Å². The van der Waals surface area contributed by atoms with Crippen LogP contribution in [-0.4, -0.2) is 28.8 Å². The topological polar surface area (TPSA) is 97.5 Å². The van der Waals surface area contributed by atoms with Crippen LogP contribution in [0.25, 0.3) is 22.6 Å². The number of aliphatic hydroxyl groups excluding tert-OH is 1. The van der Waals surface area contributed by atoms with Crippen molar-refractivity contribution in [3.63, 3.8) is 0 Å². The van der Waals surface area contributed by atoms with Crippen LogP contribution in [0.2, 0.25) is 0 Å². The molecular weight excluding hydrogens is 342 g/mol. The van der Waals surface area contributed by atoms with E-state index in [1.807, 2.05) is 54.6 Å². The third kappa shape index (κ3) is 3.35. The molecule has 1 atom stereocenters. The van der Waals surface area contributed by atoms with Gasteiger partial charge in [-0.15, -0.1) is 0 Å². The molecule has 1 aliphatic heterocycles. The molecule has 1 aliphatic rings. The first-order valence-electron chi connectivity index (χ1n) is 8.68. The minimum absolute atomic E-state index is 0.148. The third-order valence-electron chi connectivity index (χ3n) is 4.51. The van der Waals surface area contributed by atoms with Crippen LogP contribution >= 0.6 is 0 Å². The number of pyridine rings is 1. The zero-order valence-corrected chi connectivity index (χ0v) is 14.6. The number of aromatic nitrogens is 1. The van der Waals surface area contributed by atoms with E-state index in [2.05, 4.69) is 10.3 Å². The first-order valence-corrected chi connectivity index (χ1v) is 8.68. The highest BCUT2D eigenvalue weighted by atomic mass is 16.5. The van der Waals surface area contributed by atoms with Gasteiger partial charge in [-0.2, -0.15) is 0 Å². The summed E-state index contributed by atoms with van der Waals surface area (Å²) >= 11 is 0. The number of ether oxygens (including phenoxy) is 1. The van der Waals surface area contributed by atoms with Crippen molar-refractivity contribution in [2.24, 2.45) is 5.73 Å². The van der Waals surface area contributed by atoms with Gasteiger partial charge < -0.3 is 20.9 Å². The lowest BCUT2D eigenvalue weighted by molar-refractivity contribution is -0.118. The molecule has 6 heteroatoms. The van der Waals surface area contributed by atoms with Gasteiger partial charge in [0, 0.05) is 28.4 Å². The van der Waals surface area contributed by atoms with Gasteiger partial charge in [0.05, 0.1) is 13.0 Å². The maximum Gasteiger partial charge on any atom is 0.220 e. The fourth-order valence-corrected chi connectivity index (χ4v) is 3.23. The molecule has 6 nitrogen and oxygen atoms in total. The number of primary amides is 1. The standard InChI is InChI=1S/C21H19N3O3/c22-19(25)9-11-27-18-8-7-13(14-5-3-10-23-20(14)18)12-16-15-4-1-2-6-17(15)24-21(16)26/h1-8,10,12,21,24,26H,9,11H2,(H2,22,25). The van der Waals surface area contributed by atoms with Crippen molar-refractivity contribution in [1.29, 1.82) is 0 Å². The number of nitrogens with two attached hydrogens (primary N) is 1. The summed E-state index contributed by atoms with van der Waals surface area (Å²) in [6, 6.07) is 15.3. The molecule has 2 aromatic carbocycles. The maximum absolute atomic E-state index is 10.9. The van der Waals surface area contributed by atoms with E-state index in [-0.39, 0.29) is 13.0 Å². The molecule has 0 spiro atoms. The average molecular weight is 361 g/mol. The summed E-state index contributed by atoms with van der Waals surface area (Å²) in [5, 5.41) is 14.4. The zero-order chi connectivity index (χ0) is 18.8. The Labute approximate surface area is 156 Å². The molecule has 136 valence electrons. The fourth-order valence-electron chi connectivity index (χ4n) is 3.23. The van der Waals surface area contributed by atoms with Crippen molar-refractivity contribution in [1.82, 2.24) is 4.98 Å². The van der Waals surface area contributed by atoms with E-state index in [4.69, 9.17) is 10.5 Å². The lowest BCUT2D eigenvalue weighted by atomic mass is 10.0. The third-order valence-corrected chi connectivity index (χ3v) is 4.51. The molecule has 3 aromatic rings. The number of rotatable bonds is 5. The van der Waals surface area contributed by atoms with Crippen LogP contribution in [0.3, 0.4) is 0 Å². The van der Waals surface area contributed by atoms with E-state index in [1.54, 1.807) is 6.20 Å². The number of anilines is 1. The molecule has 0 fully saturated rings. The molecule has 0 radical (unpaired) electrons. The van der Waals surface area contributed by atoms with Gasteiger partial charge in [0.15, 0.2) is 6.23 Å². The predicted molar refractivity (Wildman–Crippen MR) is 105 cm³/mol. The van der Waals surface area contributed by atoms with Gasteiger partial charge in [0.1, 0.15) is 11.3 Å². The molecule has 0 aliphatic carbocycles. The molecule has 4 rings (SSSR count). The maximum atomic E-state index is 10.9. The SMILES string of the molecule is NC(=O)CCOc1ccc(C=C2c3ccccc3NC2O)c2cccnc12. The van der Waals surface area contributed by atoms with Crippen LogP contribution in [0, 0.1) is 0 Å². The Bertz CT molecular complexity index is 1050. The molecule has 1 aromatic heterocycles. The van der Waals surface area contributed by atoms with Crippen LogP contribution in [0.15, 0.2) is 54.7 Å². The number of para-hydroxylation sites is 1. The highest BCUT2D eigenvalue weighted by Gasteiger charge is 2.24. The van der Waals surface area contributed by atoms with Gasteiger partial charge >= 0.3 is 0 Å². The second-order valence-corrected chi connectivity index (χ2v) is 6.31. The van der Waals surface area contributed by atoms with Crippen LogP contribution in [0.4, 0.5) is 5.69 Å². The van der Waals surface area contributed by atoms with Crippen molar-refractivity contribution >= 4 is 34.1 Å². The van der Waals surface area contributed by atoms with E-state index in [9.17, 15) is 9.90 Å². The highest BCUT2D eigenvalue weighted by Crippen LogP contribution is 2.37. The minimum atomic E-state index is -0.763. The van der Waals surface area contributed by atoms with Crippen molar-refractivity contribution in [3.05, 3.63) is 65.9 Å². The monoisotopic (exact) mass is 361 g/mol. The van der Waals surface area contributed by atoms with E-state index < -0.39 is 12.1 Å². The van der Waals surface area contributed by atoms with Crippen molar-refractivity contribution in [2.75, 3.05) is 11.9 Å². The van der Waals surface area contributed by atoms with E-state index in [0.717, 1.165) is 27.8 Å². The van der Waals surface area contributed by atoms with E-state index in [0.29, 0.717) is 11.3 Å². The van der Waals surface area contributed by atoms with Gasteiger partial charge in [-0.3, -0.25) is 9.78 Å². The quantitative estimate of drug-likeness (QED) is 0.649. The average Bonchev–Trinajstić information content (AvgIpc) is 2.98. The largest absolute Gasteiger partial charge is 0.491 e. The molecule has 4 N–H and O–H groups in total. The lowest BCUT2D eigenvalue weighted by Gasteiger charge is -2.11. The normalized spacial score (nSPS) is 16.9. The van der Waals surface area contributed by atoms with Gasteiger partial charge in [-0.05, 0) is 29.8 Å². The second-order valence-electron chi connectivity index (χ2n) is 6.31. The van der Waals surface area contributed by atoms with Crippen molar-refractivity contribution in [2.45, 2.75) is 12.6 Å². The van der Waals surface area contributed by atoms with E-state index >= 15 is 0 Å². The minimum Gasteiger partial charge on any atom is -0.491 e. The molecular formula is C21H19N3O3. The summed E-state index contributed by atoms with van der Waals surface area (Å²) in [7, 11) is 0. The number of amides is 1. The lowest BCUT2D eigenvalue weighted by Crippen LogP contribution is -2.14. The number of fused-ring (bicyclic) bond motifs is 2. The zero-order valence-electron chi connectivity index (χ0n) is 14.6. The number of hydrogen-bond donors (Lipinski definition) is 3. The molecule has 0 saturated carbocycles. The first-order chi connectivity index (χ1) is 13.1. The fraction of sp³-hybridized carbons (Fsp3) is 0.143. The molecule has 2 heterocycles. The molecule has 27 heavy (non-hydrogen) atoms. The number of hydrogen-bond acceptors (Lipinski definition) is 5.